The van der Waals surface area contributed by atoms with Gasteiger partial charge in [-0.1, -0.05) is 19.9 Å². The van der Waals surface area contributed by atoms with Crippen LogP contribution in [-0.4, -0.2) is 25.9 Å². The Morgan fingerprint density at radius 3 is 2.25 bits per heavy atom. The zero-order valence-electron chi connectivity index (χ0n) is 10.6. The second-order valence-electron chi connectivity index (χ2n) is 4.53. The van der Waals surface area contributed by atoms with Crippen molar-refractivity contribution in [2.45, 2.75) is 26.2 Å². The summed E-state index contributed by atoms with van der Waals surface area (Å²) in [5, 5.41) is 9.46. The second kappa shape index (κ2) is 4.74. The fraction of sp³-hybridized carbons (Fsp3) is 0.538. The Bertz CT molecular complexity index is 370. The van der Waals surface area contributed by atoms with Gasteiger partial charge in [0, 0.05) is 11.0 Å². The van der Waals surface area contributed by atoms with E-state index in [9.17, 15) is 5.11 Å². The van der Waals surface area contributed by atoms with Gasteiger partial charge in [-0.05, 0) is 18.6 Å². The fourth-order valence-electron chi connectivity index (χ4n) is 1.95. The molecule has 0 aliphatic carbocycles. The van der Waals surface area contributed by atoms with E-state index in [4.69, 9.17) is 9.47 Å². The van der Waals surface area contributed by atoms with E-state index >= 15 is 0 Å². The number of hydrogen-bond acceptors (Lipinski definition) is 3. The van der Waals surface area contributed by atoms with Gasteiger partial charge in [0.15, 0.2) is 11.5 Å². The zero-order valence-corrected chi connectivity index (χ0v) is 10.6. The molecule has 0 saturated heterocycles. The predicted molar refractivity (Wildman–Crippen MR) is 64.4 cm³/mol. The predicted octanol–water partition coefficient (Wildman–Crippen LogP) is 2.28. The van der Waals surface area contributed by atoms with Gasteiger partial charge in [-0.15, -0.1) is 0 Å². The number of hydrogen-bond donors (Lipinski definition) is 1. The maximum absolute atomic E-state index is 9.46. The Kier molecular flexibility index (Phi) is 3.81. The van der Waals surface area contributed by atoms with Gasteiger partial charge in [-0.3, -0.25) is 0 Å². The minimum Gasteiger partial charge on any atom is -0.493 e. The first-order valence-corrected chi connectivity index (χ1v) is 5.31. The van der Waals surface area contributed by atoms with Gasteiger partial charge in [-0.2, -0.15) is 0 Å². The third-order valence-corrected chi connectivity index (χ3v) is 2.83. The van der Waals surface area contributed by atoms with Crippen LogP contribution in [-0.2, 0) is 5.41 Å². The van der Waals surface area contributed by atoms with E-state index in [1.165, 1.54) is 0 Å². The smallest absolute Gasteiger partial charge is 0.164 e. The third kappa shape index (κ3) is 2.14. The molecule has 0 aliphatic rings. The first kappa shape index (κ1) is 12.8. The van der Waals surface area contributed by atoms with Gasteiger partial charge in [0.2, 0.25) is 0 Å². The van der Waals surface area contributed by atoms with Crippen molar-refractivity contribution in [3.8, 4) is 11.5 Å². The molecular formula is C13H20O3. The van der Waals surface area contributed by atoms with E-state index in [0.29, 0.717) is 11.5 Å². The van der Waals surface area contributed by atoms with E-state index in [-0.39, 0.29) is 12.0 Å². The summed E-state index contributed by atoms with van der Waals surface area (Å²) in [6.45, 7) is 6.04. The molecule has 90 valence electrons. The Labute approximate surface area is 97.0 Å². The summed E-state index contributed by atoms with van der Waals surface area (Å²) in [4.78, 5) is 0. The molecule has 0 spiro atoms. The molecule has 0 bridgehead atoms. The van der Waals surface area contributed by atoms with Crippen molar-refractivity contribution in [3.63, 3.8) is 0 Å². The molecule has 1 aromatic carbocycles. The number of methoxy groups -OCH3 is 2. The quantitative estimate of drug-likeness (QED) is 0.852. The number of ether oxygens (including phenoxy) is 2. The highest BCUT2D eigenvalue weighted by molar-refractivity contribution is 5.53. The zero-order chi connectivity index (χ0) is 12.3. The van der Waals surface area contributed by atoms with Gasteiger partial charge in [-0.25, -0.2) is 0 Å². The number of aliphatic hydroxyl groups excluding tert-OH is 1. The van der Waals surface area contributed by atoms with Gasteiger partial charge in [0.25, 0.3) is 0 Å². The molecule has 0 fully saturated rings. The summed E-state index contributed by atoms with van der Waals surface area (Å²) in [5.41, 5.74) is 1.75. The number of benzene rings is 1. The molecule has 0 saturated carbocycles. The lowest BCUT2D eigenvalue weighted by Crippen LogP contribution is -2.24. The van der Waals surface area contributed by atoms with Crippen LogP contribution in [0.4, 0.5) is 0 Å². The second-order valence-corrected chi connectivity index (χ2v) is 4.53. The monoisotopic (exact) mass is 224 g/mol. The van der Waals surface area contributed by atoms with E-state index in [2.05, 4.69) is 0 Å². The summed E-state index contributed by atoms with van der Waals surface area (Å²) in [6.07, 6.45) is 0. The van der Waals surface area contributed by atoms with E-state index in [0.717, 1.165) is 11.1 Å². The molecule has 0 unspecified atom stereocenters. The van der Waals surface area contributed by atoms with Crippen molar-refractivity contribution >= 4 is 0 Å². The van der Waals surface area contributed by atoms with Crippen molar-refractivity contribution in [2.75, 3.05) is 20.8 Å². The maximum Gasteiger partial charge on any atom is 0.164 e. The van der Waals surface area contributed by atoms with E-state index in [1.807, 2.05) is 32.9 Å². The van der Waals surface area contributed by atoms with Crippen molar-refractivity contribution in [1.29, 1.82) is 0 Å². The molecule has 3 heteroatoms. The topological polar surface area (TPSA) is 38.7 Å². The fourth-order valence-corrected chi connectivity index (χ4v) is 1.95. The standard InChI is InChI=1S/C13H20O3/c1-9-6-7-10(15-4)12(16-5)11(9)13(2,3)8-14/h6-7,14H,8H2,1-5H3. The largest absolute Gasteiger partial charge is 0.493 e. The molecule has 0 atom stereocenters. The molecule has 0 radical (unpaired) electrons. The summed E-state index contributed by atoms with van der Waals surface area (Å²) < 4.78 is 10.7. The van der Waals surface area contributed by atoms with Crippen LogP contribution in [0.5, 0.6) is 11.5 Å². The van der Waals surface area contributed by atoms with Crippen molar-refractivity contribution in [1.82, 2.24) is 0 Å². The molecule has 0 aromatic heterocycles. The number of rotatable bonds is 4. The van der Waals surface area contributed by atoms with Crippen LogP contribution in [0.1, 0.15) is 25.0 Å². The first-order valence-electron chi connectivity index (χ1n) is 5.31. The first-order chi connectivity index (χ1) is 7.47. The van der Waals surface area contributed by atoms with Crippen LogP contribution in [0.25, 0.3) is 0 Å². The van der Waals surface area contributed by atoms with Crippen LogP contribution in [0.15, 0.2) is 12.1 Å². The molecule has 3 nitrogen and oxygen atoms in total. The minimum absolute atomic E-state index is 0.0668. The van der Waals surface area contributed by atoms with E-state index in [1.54, 1.807) is 14.2 Å². The maximum atomic E-state index is 9.46. The molecule has 1 N–H and O–H groups in total. The van der Waals surface area contributed by atoms with Gasteiger partial charge >= 0.3 is 0 Å². The average molecular weight is 224 g/mol. The summed E-state index contributed by atoms with van der Waals surface area (Å²) in [5.74, 6) is 1.41. The lowest BCUT2D eigenvalue weighted by molar-refractivity contribution is 0.213. The third-order valence-electron chi connectivity index (χ3n) is 2.83. The molecule has 1 rings (SSSR count). The SMILES string of the molecule is COc1ccc(C)c(C(C)(C)CO)c1OC. The summed E-state index contributed by atoms with van der Waals surface area (Å²) in [7, 11) is 3.23. The minimum atomic E-state index is -0.343. The highest BCUT2D eigenvalue weighted by Gasteiger charge is 2.27. The van der Waals surface area contributed by atoms with E-state index < -0.39 is 0 Å². The molecule has 0 heterocycles. The highest BCUT2D eigenvalue weighted by atomic mass is 16.5. The molecule has 1 aromatic rings. The van der Waals surface area contributed by atoms with Crippen molar-refractivity contribution in [3.05, 3.63) is 23.3 Å². The summed E-state index contributed by atoms with van der Waals surface area (Å²) in [6, 6.07) is 3.86. The average Bonchev–Trinajstić information content (AvgIpc) is 2.28. The van der Waals surface area contributed by atoms with Crippen LogP contribution in [0, 0.1) is 6.92 Å². The summed E-state index contributed by atoms with van der Waals surface area (Å²) >= 11 is 0. The Balaban J connectivity index is 3.46. The number of aryl methyl sites for hydroxylation is 1. The normalized spacial score (nSPS) is 11.4. The molecule has 16 heavy (non-hydrogen) atoms. The Morgan fingerprint density at radius 2 is 1.81 bits per heavy atom. The lowest BCUT2D eigenvalue weighted by atomic mass is 9.82. The Hall–Kier alpha value is -1.22. The van der Waals surface area contributed by atoms with Gasteiger partial charge in [0.05, 0.1) is 20.8 Å². The van der Waals surface area contributed by atoms with Gasteiger partial charge < -0.3 is 14.6 Å². The highest BCUT2D eigenvalue weighted by Crippen LogP contribution is 2.40. The molecular weight excluding hydrogens is 204 g/mol. The van der Waals surface area contributed by atoms with Crippen LogP contribution >= 0.6 is 0 Å². The van der Waals surface area contributed by atoms with Crippen molar-refractivity contribution in [2.24, 2.45) is 0 Å². The van der Waals surface area contributed by atoms with Gasteiger partial charge in [0.1, 0.15) is 0 Å². The van der Waals surface area contributed by atoms with Crippen LogP contribution < -0.4 is 9.47 Å². The Morgan fingerprint density at radius 1 is 1.19 bits per heavy atom. The molecule has 0 amide bonds. The molecule has 0 aliphatic heterocycles. The van der Waals surface area contributed by atoms with Crippen LogP contribution in [0.2, 0.25) is 0 Å². The van der Waals surface area contributed by atoms with Crippen molar-refractivity contribution < 1.29 is 14.6 Å². The van der Waals surface area contributed by atoms with Crippen LogP contribution in [0.3, 0.4) is 0 Å². The number of aliphatic hydroxyl groups is 1. The lowest BCUT2D eigenvalue weighted by Gasteiger charge is -2.27.